The van der Waals surface area contributed by atoms with E-state index in [2.05, 4.69) is 10.6 Å². The predicted molar refractivity (Wildman–Crippen MR) is 140 cm³/mol. The largest absolute Gasteiger partial charge is 0.330 e. The zero-order valence-electron chi connectivity index (χ0n) is 19.7. The van der Waals surface area contributed by atoms with Gasteiger partial charge in [0.2, 0.25) is 17.7 Å². The van der Waals surface area contributed by atoms with E-state index in [-0.39, 0.29) is 17.7 Å². The second kappa shape index (κ2) is 11.3. The molecule has 4 rings (SSSR count). The number of anilines is 2. The number of hydrogen-bond acceptors (Lipinski definition) is 3. The third-order valence-electron chi connectivity index (χ3n) is 5.95. The minimum atomic E-state index is -0.439. The number of amides is 3. The van der Waals surface area contributed by atoms with Gasteiger partial charge in [-0.3, -0.25) is 14.4 Å². The van der Waals surface area contributed by atoms with Crippen LogP contribution in [0.25, 0.3) is 12.2 Å². The standard InChI is InChI=1S/C29H29N3O3/c1-21(33)30-25-15-11-22(12-16-25)9-10-23-13-17-26(18-14-23)31-29(35)27-8-5-19-32(27)28(34)20-24-6-3-2-4-7-24/h2-4,6-7,9-18,27H,5,8,19-20H2,1H3,(H,30,33)(H,31,35)/t27-/m0/s1. The maximum absolute atomic E-state index is 12.9. The smallest absolute Gasteiger partial charge is 0.247 e. The number of rotatable bonds is 7. The molecule has 1 aliphatic heterocycles. The molecular formula is C29H29N3O3. The highest BCUT2D eigenvalue weighted by molar-refractivity contribution is 5.98. The highest BCUT2D eigenvalue weighted by Gasteiger charge is 2.33. The van der Waals surface area contributed by atoms with Gasteiger partial charge < -0.3 is 15.5 Å². The molecule has 0 spiro atoms. The zero-order chi connectivity index (χ0) is 24.6. The lowest BCUT2D eigenvalue weighted by Crippen LogP contribution is -2.43. The fourth-order valence-corrected chi connectivity index (χ4v) is 4.19. The molecular weight excluding hydrogens is 438 g/mol. The number of hydrogen-bond donors (Lipinski definition) is 2. The van der Waals surface area contributed by atoms with Crippen molar-refractivity contribution in [1.82, 2.24) is 4.90 Å². The van der Waals surface area contributed by atoms with Crippen molar-refractivity contribution in [2.24, 2.45) is 0 Å². The second-order valence-electron chi connectivity index (χ2n) is 8.66. The van der Waals surface area contributed by atoms with Crippen LogP contribution in [0.2, 0.25) is 0 Å². The fraction of sp³-hybridized carbons (Fsp3) is 0.207. The molecule has 1 aliphatic rings. The summed E-state index contributed by atoms with van der Waals surface area (Å²) >= 11 is 0. The molecule has 0 aromatic heterocycles. The lowest BCUT2D eigenvalue weighted by molar-refractivity contribution is -0.136. The van der Waals surface area contributed by atoms with Crippen LogP contribution in [-0.4, -0.2) is 35.2 Å². The van der Waals surface area contributed by atoms with Crippen LogP contribution >= 0.6 is 0 Å². The number of nitrogens with one attached hydrogen (secondary N) is 2. The summed E-state index contributed by atoms with van der Waals surface area (Å²) in [6.07, 6.45) is 5.78. The van der Waals surface area contributed by atoms with E-state index < -0.39 is 6.04 Å². The number of likely N-dealkylation sites (tertiary alicyclic amines) is 1. The van der Waals surface area contributed by atoms with Crippen LogP contribution in [0.5, 0.6) is 0 Å². The molecule has 0 radical (unpaired) electrons. The van der Waals surface area contributed by atoms with Crippen LogP contribution in [0.4, 0.5) is 11.4 Å². The van der Waals surface area contributed by atoms with Gasteiger partial charge in [-0.25, -0.2) is 0 Å². The van der Waals surface area contributed by atoms with Crippen molar-refractivity contribution in [3.63, 3.8) is 0 Å². The van der Waals surface area contributed by atoms with Crippen molar-refractivity contribution in [3.8, 4) is 0 Å². The molecule has 1 atom stereocenters. The van der Waals surface area contributed by atoms with Crippen LogP contribution < -0.4 is 10.6 Å². The summed E-state index contributed by atoms with van der Waals surface area (Å²) in [5.74, 6) is -0.259. The van der Waals surface area contributed by atoms with Crippen molar-refractivity contribution in [2.75, 3.05) is 17.2 Å². The first-order valence-corrected chi connectivity index (χ1v) is 11.8. The molecule has 1 heterocycles. The van der Waals surface area contributed by atoms with E-state index >= 15 is 0 Å². The summed E-state index contributed by atoms with van der Waals surface area (Å²) in [6.45, 7) is 2.09. The van der Waals surface area contributed by atoms with E-state index in [1.807, 2.05) is 91.0 Å². The molecule has 0 aliphatic carbocycles. The van der Waals surface area contributed by atoms with Crippen LogP contribution in [-0.2, 0) is 20.8 Å². The quantitative estimate of drug-likeness (QED) is 0.481. The van der Waals surface area contributed by atoms with E-state index in [0.717, 1.165) is 28.8 Å². The Labute approximate surface area is 205 Å². The molecule has 178 valence electrons. The van der Waals surface area contributed by atoms with Gasteiger partial charge in [-0.2, -0.15) is 0 Å². The normalized spacial score (nSPS) is 15.2. The molecule has 3 aromatic rings. The molecule has 0 saturated carbocycles. The third-order valence-corrected chi connectivity index (χ3v) is 5.95. The second-order valence-corrected chi connectivity index (χ2v) is 8.66. The van der Waals surface area contributed by atoms with Gasteiger partial charge in [0.05, 0.1) is 6.42 Å². The van der Waals surface area contributed by atoms with Crippen molar-refractivity contribution in [3.05, 3.63) is 95.6 Å². The number of nitrogens with zero attached hydrogens (tertiary/aromatic N) is 1. The van der Waals surface area contributed by atoms with Crippen molar-refractivity contribution in [2.45, 2.75) is 32.2 Å². The van der Waals surface area contributed by atoms with E-state index in [0.29, 0.717) is 25.1 Å². The monoisotopic (exact) mass is 467 g/mol. The minimum absolute atomic E-state index is 0.0144. The number of carbonyl (C=O) groups is 3. The van der Waals surface area contributed by atoms with Gasteiger partial charge in [0.15, 0.2) is 0 Å². The first kappa shape index (κ1) is 24.0. The molecule has 0 bridgehead atoms. The lowest BCUT2D eigenvalue weighted by atomic mass is 10.1. The summed E-state index contributed by atoms with van der Waals surface area (Å²) in [5.41, 5.74) is 4.43. The highest BCUT2D eigenvalue weighted by atomic mass is 16.2. The van der Waals surface area contributed by atoms with E-state index in [1.165, 1.54) is 6.92 Å². The topological polar surface area (TPSA) is 78.5 Å². The first-order valence-electron chi connectivity index (χ1n) is 11.8. The Hall–Kier alpha value is -4.19. The Morgan fingerprint density at radius 2 is 1.40 bits per heavy atom. The maximum Gasteiger partial charge on any atom is 0.247 e. The first-order chi connectivity index (χ1) is 17.0. The van der Waals surface area contributed by atoms with Gasteiger partial charge in [-0.15, -0.1) is 0 Å². The SMILES string of the molecule is CC(=O)Nc1ccc(C=Cc2ccc(NC(=O)[C@@H]3CCCN3C(=O)Cc3ccccc3)cc2)cc1. The van der Waals surface area contributed by atoms with Crippen molar-refractivity contribution >= 4 is 41.2 Å². The van der Waals surface area contributed by atoms with Crippen LogP contribution in [0, 0.1) is 0 Å². The predicted octanol–water partition coefficient (Wildman–Crippen LogP) is 4.99. The molecule has 1 saturated heterocycles. The molecule has 2 N–H and O–H groups in total. The molecule has 0 unspecified atom stereocenters. The van der Waals surface area contributed by atoms with Gasteiger partial charge in [0.1, 0.15) is 6.04 Å². The summed E-state index contributed by atoms with van der Waals surface area (Å²) < 4.78 is 0. The van der Waals surface area contributed by atoms with Gasteiger partial charge in [-0.05, 0) is 53.8 Å². The third kappa shape index (κ3) is 6.67. The number of carbonyl (C=O) groups excluding carboxylic acids is 3. The molecule has 3 aromatic carbocycles. The number of benzene rings is 3. The molecule has 35 heavy (non-hydrogen) atoms. The van der Waals surface area contributed by atoms with Crippen molar-refractivity contribution in [1.29, 1.82) is 0 Å². The maximum atomic E-state index is 12.9. The minimum Gasteiger partial charge on any atom is -0.330 e. The average Bonchev–Trinajstić information content (AvgIpc) is 3.35. The lowest BCUT2D eigenvalue weighted by Gasteiger charge is -2.24. The van der Waals surface area contributed by atoms with E-state index in [4.69, 9.17) is 0 Å². The van der Waals surface area contributed by atoms with Gasteiger partial charge in [-0.1, -0.05) is 66.7 Å². The summed E-state index contributed by atoms with van der Waals surface area (Å²) in [7, 11) is 0. The molecule has 1 fully saturated rings. The summed E-state index contributed by atoms with van der Waals surface area (Å²) in [5, 5.41) is 5.71. The molecule has 6 heteroatoms. The van der Waals surface area contributed by atoms with Crippen LogP contribution in [0.3, 0.4) is 0 Å². The molecule has 3 amide bonds. The van der Waals surface area contributed by atoms with Gasteiger partial charge >= 0.3 is 0 Å². The summed E-state index contributed by atoms with van der Waals surface area (Å²) in [4.78, 5) is 38.6. The Bertz CT molecular complexity index is 1200. The Kier molecular flexibility index (Phi) is 7.73. The zero-order valence-corrected chi connectivity index (χ0v) is 19.7. The Balaban J connectivity index is 1.33. The van der Waals surface area contributed by atoms with E-state index in [1.54, 1.807) is 4.90 Å². The van der Waals surface area contributed by atoms with E-state index in [9.17, 15) is 14.4 Å². The Morgan fingerprint density at radius 1 is 0.829 bits per heavy atom. The van der Waals surface area contributed by atoms with Gasteiger partial charge in [0, 0.05) is 24.8 Å². The van der Waals surface area contributed by atoms with Crippen LogP contribution in [0.15, 0.2) is 78.9 Å². The van der Waals surface area contributed by atoms with Gasteiger partial charge in [0.25, 0.3) is 0 Å². The average molecular weight is 468 g/mol. The Morgan fingerprint density at radius 3 is 1.97 bits per heavy atom. The molecule has 6 nitrogen and oxygen atoms in total. The van der Waals surface area contributed by atoms with Crippen LogP contribution in [0.1, 0.15) is 36.5 Å². The highest BCUT2D eigenvalue weighted by Crippen LogP contribution is 2.21. The fourth-order valence-electron chi connectivity index (χ4n) is 4.19. The van der Waals surface area contributed by atoms with Crippen molar-refractivity contribution < 1.29 is 14.4 Å². The summed E-state index contributed by atoms with van der Waals surface area (Å²) in [6, 6.07) is 24.4.